The third-order valence-corrected chi connectivity index (χ3v) is 6.74. The predicted molar refractivity (Wildman–Crippen MR) is 113 cm³/mol. The molecule has 1 fully saturated rings. The third-order valence-electron chi connectivity index (χ3n) is 4.85. The van der Waals surface area contributed by atoms with Crippen molar-refractivity contribution >= 4 is 16.0 Å². The van der Waals surface area contributed by atoms with Gasteiger partial charge in [0.05, 0.1) is 23.7 Å². The number of hydrogen-bond acceptors (Lipinski definition) is 5. The van der Waals surface area contributed by atoms with E-state index in [2.05, 4.69) is 0 Å². The summed E-state index contributed by atoms with van der Waals surface area (Å²) in [4.78, 5) is 12.6. The number of hydrogen-bond donors (Lipinski definition) is 0. The highest BCUT2D eigenvalue weighted by Gasteiger charge is 2.27. The summed E-state index contributed by atoms with van der Waals surface area (Å²) in [5.41, 5.74) is 2.25. The first kappa shape index (κ1) is 20.3. The van der Waals surface area contributed by atoms with Crippen LogP contribution in [0.25, 0.3) is 11.1 Å². The molecule has 0 amide bonds. The van der Waals surface area contributed by atoms with E-state index in [0.717, 1.165) is 11.1 Å². The highest BCUT2D eigenvalue weighted by molar-refractivity contribution is 7.89. The molecule has 3 aromatic carbocycles. The average Bonchev–Trinajstić information content (AvgIpc) is 2.81. The van der Waals surface area contributed by atoms with Crippen LogP contribution in [-0.2, 0) is 14.8 Å². The van der Waals surface area contributed by atoms with Gasteiger partial charge in [-0.2, -0.15) is 4.31 Å². The first-order valence-corrected chi connectivity index (χ1v) is 11.0. The molecule has 0 N–H and O–H groups in total. The standard InChI is InChI=1S/C23H21NO5S/c25-23(29-21-11-9-19(10-12-21)18-5-2-1-3-6-18)20-7-4-8-22(17-20)30(26,27)24-13-15-28-16-14-24/h1-12,17H,13-16H2. The second-order valence-electron chi connectivity index (χ2n) is 6.82. The van der Waals surface area contributed by atoms with Gasteiger partial charge >= 0.3 is 5.97 Å². The number of sulfonamides is 1. The van der Waals surface area contributed by atoms with Crippen LogP contribution in [0, 0.1) is 0 Å². The Bertz CT molecular complexity index is 1120. The summed E-state index contributed by atoms with van der Waals surface area (Å²) >= 11 is 0. The summed E-state index contributed by atoms with van der Waals surface area (Å²) in [6.07, 6.45) is 0. The smallest absolute Gasteiger partial charge is 0.343 e. The minimum absolute atomic E-state index is 0.0678. The molecule has 154 valence electrons. The molecule has 0 aromatic heterocycles. The van der Waals surface area contributed by atoms with Crippen molar-refractivity contribution in [3.63, 3.8) is 0 Å². The Morgan fingerprint density at radius 1 is 0.833 bits per heavy atom. The van der Waals surface area contributed by atoms with Crippen LogP contribution in [0.5, 0.6) is 5.75 Å². The van der Waals surface area contributed by atoms with E-state index in [-0.39, 0.29) is 10.5 Å². The van der Waals surface area contributed by atoms with Gasteiger partial charge in [-0.25, -0.2) is 13.2 Å². The minimum Gasteiger partial charge on any atom is -0.423 e. The lowest BCUT2D eigenvalue weighted by molar-refractivity contribution is 0.0727. The molecular formula is C23H21NO5S. The molecule has 30 heavy (non-hydrogen) atoms. The van der Waals surface area contributed by atoms with E-state index in [1.807, 2.05) is 42.5 Å². The molecule has 0 bridgehead atoms. The van der Waals surface area contributed by atoms with Crippen molar-refractivity contribution in [1.82, 2.24) is 4.31 Å². The van der Waals surface area contributed by atoms with Gasteiger partial charge in [0.25, 0.3) is 0 Å². The maximum absolute atomic E-state index is 12.8. The van der Waals surface area contributed by atoms with E-state index in [0.29, 0.717) is 32.1 Å². The monoisotopic (exact) mass is 423 g/mol. The van der Waals surface area contributed by atoms with Crippen LogP contribution in [0.15, 0.2) is 83.8 Å². The zero-order valence-electron chi connectivity index (χ0n) is 16.2. The molecule has 3 aromatic rings. The third kappa shape index (κ3) is 4.43. The molecular weight excluding hydrogens is 402 g/mol. The number of nitrogens with zero attached hydrogens (tertiary/aromatic N) is 1. The normalized spacial score (nSPS) is 14.9. The first-order chi connectivity index (χ1) is 14.5. The molecule has 0 aliphatic carbocycles. The van der Waals surface area contributed by atoms with Gasteiger partial charge in [0, 0.05) is 13.1 Å². The van der Waals surface area contributed by atoms with Crippen LogP contribution in [-0.4, -0.2) is 45.0 Å². The number of carbonyl (C=O) groups is 1. The number of morpholine rings is 1. The lowest BCUT2D eigenvalue weighted by Gasteiger charge is -2.26. The fourth-order valence-electron chi connectivity index (χ4n) is 3.23. The Morgan fingerprint density at radius 3 is 2.20 bits per heavy atom. The molecule has 1 aliphatic rings. The van der Waals surface area contributed by atoms with Crippen molar-refractivity contribution in [1.29, 1.82) is 0 Å². The van der Waals surface area contributed by atoms with E-state index in [1.165, 1.54) is 16.4 Å². The Morgan fingerprint density at radius 2 is 1.50 bits per heavy atom. The fourth-order valence-corrected chi connectivity index (χ4v) is 4.69. The lowest BCUT2D eigenvalue weighted by Crippen LogP contribution is -2.40. The molecule has 4 rings (SSSR count). The minimum atomic E-state index is -3.68. The zero-order chi connectivity index (χ0) is 21.0. The van der Waals surface area contributed by atoms with Gasteiger partial charge in [-0.15, -0.1) is 0 Å². The van der Waals surface area contributed by atoms with Gasteiger partial charge < -0.3 is 9.47 Å². The van der Waals surface area contributed by atoms with Crippen molar-refractivity contribution in [3.8, 4) is 16.9 Å². The zero-order valence-corrected chi connectivity index (χ0v) is 17.0. The van der Waals surface area contributed by atoms with Crippen molar-refractivity contribution < 1.29 is 22.7 Å². The van der Waals surface area contributed by atoms with Crippen LogP contribution in [0.1, 0.15) is 10.4 Å². The molecule has 1 saturated heterocycles. The van der Waals surface area contributed by atoms with E-state index < -0.39 is 16.0 Å². The summed E-state index contributed by atoms with van der Waals surface area (Å²) < 4.78 is 37.6. The van der Waals surface area contributed by atoms with Crippen molar-refractivity contribution in [2.24, 2.45) is 0 Å². The van der Waals surface area contributed by atoms with Gasteiger partial charge in [0.15, 0.2) is 0 Å². The van der Waals surface area contributed by atoms with Crippen LogP contribution in [0.3, 0.4) is 0 Å². The van der Waals surface area contributed by atoms with Crippen LogP contribution < -0.4 is 4.74 Å². The van der Waals surface area contributed by atoms with Gasteiger partial charge in [0.2, 0.25) is 10.0 Å². The van der Waals surface area contributed by atoms with Gasteiger partial charge in [-0.1, -0.05) is 48.5 Å². The predicted octanol–water partition coefficient (Wildman–Crippen LogP) is 3.59. The first-order valence-electron chi connectivity index (χ1n) is 9.60. The summed E-state index contributed by atoms with van der Waals surface area (Å²) in [6.45, 7) is 1.31. The van der Waals surface area contributed by atoms with Crippen molar-refractivity contribution in [2.45, 2.75) is 4.90 Å². The van der Waals surface area contributed by atoms with E-state index in [4.69, 9.17) is 9.47 Å². The number of rotatable bonds is 5. The maximum Gasteiger partial charge on any atom is 0.343 e. The van der Waals surface area contributed by atoms with Crippen LogP contribution >= 0.6 is 0 Å². The number of ether oxygens (including phenoxy) is 2. The largest absolute Gasteiger partial charge is 0.423 e. The van der Waals surface area contributed by atoms with Crippen molar-refractivity contribution in [2.75, 3.05) is 26.3 Å². The molecule has 7 heteroatoms. The number of benzene rings is 3. The average molecular weight is 423 g/mol. The Kier molecular flexibility index (Phi) is 5.94. The molecule has 0 unspecified atom stereocenters. The molecule has 0 radical (unpaired) electrons. The Hall–Kier alpha value is -3.00. The second-order valence-corrected chi connectivity index (χ2v) is 8.76. The molecule has 1 heterocycles. The van der Waals surface area contributed by atoms with E-state index >= 15 is 0 Å². The SMILES string of the molecule is O=C(Oc1ccc(-c2ccccc2)cc1)c1cccc(S(=O)(=O)N2CCOCC2)c1. The Labute approximate surface area is 175 Å². The van der Waals surface area contributed by atoms with Crippen molar-refractivity contribution in [3.05, 3.63) is 84.4 Å². The Balaban J connectivity index is 1.49. The van der Waals surface area contributed by atoms with Gasteiger partial charge in [-0.05, 0) is 41.5 Å². The molecule has 0 saturated carbocycles. The summed E-state index contributed by atoms with van der Waals surface area (Å²) in [6, 6.07) is 23.0. The fraction of sp³-hybridized carbons (Fsp3) is 0.174. The molecule has 1 aliphatic heterocycles. The molecule has 0 spiro atoms. The lowest BCUT2D eigenvalue weighted by atomic mass is 10.1. The van der Waals surface area contributed by atoms with Gasteiger partial charge in [-0.3, -0.25) is 0 Å². The highest BCUT2D eigenvalue weighted by atomic mass is 32.2. The maximum atomic E-state index is 12.8. The molecule has 6 nitrogen and oxygen atoms in total. The number of carbonyl (C=O) groups excluding carboxylic acids is 1. The van der Waals surface area contributed by atoms with Crippen LogP contribution in [0.4, 0.5) is 0 Å². The summed E-state index contributed by atoms with van der Waals surface area (Å²) in [5.74, 6) is -0.220. The quantitative estimate of drug-likeness (QED) is 0.463. The van der Waals surface area contributed by atoms with Crippen LogP contribution in [0.2, 0.25) is 0 Å². The summed E-state index contributed by atoms with van der Waals surface area (Å²) in [5, 5.41) is 0. The number of esters is 1. The highest BCUT2D eigenvalue weighted by Crippen LogP contribution is 2.23. The molecule has 0 atom stereocenters. The van der Waals surface area contributed by atoms with Gasteiger partial charge in [0.1, 0.15) is 5.75 Å². The topological polar surface area (TPSA) is 72.9 Å². The summed E-state index contributed by atoms with van der Waals surface area (Å²) in [7, 11) is -3.68. The van der Waals surface area contributed by atoms with E-state index in [9.17, 15) is 13.2 Å². The second kappa shape index (κ2) is 8.79. The van der Waals surface area contributed by atoms with E-state index in [1.54, 1.807) is 24.3 Å².